The van der Waals surface area contributed by atoms with Gasteiger partial charge in [-0.05, 0) is 31.1 Å². The molecule has 1 aliphatic rings. The van der Waals surface area contributed by atoms with Gasteiger partial charge in [0, 0.05) is 25.5 Å². The summed E-state index contributed by atoms with van der Waals surface area (Å²) in [5.74, 6) is -1.92. The molecule has 0 fully saturated rings. The second-order valence-corrected chi connectivity index (χ2v) is 6.83. The van der Waals surface area contributed by atoms with Gasteiger partial charge < -0.3 is 10.2 Å². The Balaban J connectivity index is 1.51. The van der Waals surface area contributed by atoms with Gasteiger partial charge in [0.05, 0.1) is 24.3 Å². The maximum Gasteiger partial charge on any atom is 0.262 e. The summed E-state index contributed by atoms with van der Waals surface area (Å²) in [5.41, 5.74) is 2.21. The summed E-state index contributed by atoms with van der Waals surface area (Å²) in [6, 6.07) is 3.24. The molecule has 0 spiro atoms. The quantitative estimate of drug-likeness (QED) is 0.712. The molecule has 0 saturated heterocycles. The molecule has 0 saturated carbocycles. The lowest BCUT2D eigenvalue weighted by Crippen LogP contribution is -2.31. The summed E-state index contributed by atoms with van der Waals surface area (Å²) in [7, 11) is 0. The summed E-state index contributed by atoms with van der Waals surface area (Å²) in [4.78, 5) is 31.3. The van der Waals surface area contributed by atoms with E-state index in [1.54, 1.807) is 18.6 Å². The van der Waals surface area contributed by atoms with Crippen LogP contribution >= 0.6 is 0 Å². The molecule has 1 amide bonds. The van der Waals surface area contributed by atoms with Crippen molar-refractivity contribution in [3.8, 4) is 0 Å². The van der Waals surface area contributed by atoms with Crippen molar-refractivity contribution < 1.29 is 13.6 Å². The Morgan fingerprint density at radius 1 is 1.07 bits per heavy atom. The minimum absolute atomic E-state index is 0.103. The second-order valence-electron chi connectivity index (χ2n) is 6.83. The molecule has 0 bridgehead atoms. The number of carbonyl (C=O) groups is 1. The van der Waals surface area contributed by atoms with E-state index in [0.29, 0.717) is 12.2 Å². The fourth-order valence-corrected chi connectivity index (χ4v) is 3.25. The molecule has 3 heterocycles. The van der Waals surface area contributed by atoms with Crippen LogP contribution in [-0.2, 0) is 0 Å². The summed E-state index contributed by atoms with van der Waals surface area (Å²) >= 11 is 0. The van der Waals surface area contributed by atoms with Crippen LogP contribution in [0, 0.1) is 11.6 Å². The molecule has 30 heavy (non-hydrogen) atoms. The first kappa shape index (κ1) is 19.6. The van der Waals surface area contributed by atoms with Gasteiger partial charge in [-0.1, -0.05) is 11.6 Å². The molecule has 152 valence electrons. The number of nitrogens with one attached hydrogen (secondary N) is 1. The predicted molar refractivity (Wildman–Crippen MR) is 108 cm³/mol. The first-order valence-corrected chi connectivity index (χ1v) is 9.30. The second kappa shape index (κ2) is 8.32. The Morgan fingerprint density at radius 2 is 1.87 bits per heavy atom. The van der Waals surface area contributed by atoms with E-state index < -0.39 is 23.1 Å². The molecular weight excluding hydrogens is 390 g/mol. The molecule has 0 unspecified atom stereocenters. The molecule has 0 atom stereocenters. The lowest BCUT2D eigenvalue weighted by molar-refractivity contribution is 0.101. The predicted octanol–water partition coefficient (Wildman–Crippen LogP) is 3.48. The summed E-state index contributed by atoms with van der Waals surface area (Å²) in [6.45, 7) is 3.47. The minimum Gasteiger partial charge on any atom is -0.351 e. The topological polar surface area (TPSA) is 83.9 Å². The van der Waals surface area contributed by atoms with Crippen LogP contribution in [0.5, 0.6) is 0 Å². The first-order valence-electron chi connectivity index (χ1n) is 9.30. The van der Waals surface area contributed by atoms with Crippen LogP contribution in [0.3, 0.4) is 0 Å². The SMILES string of the molecule is CC1=C(c2cnc(NC(=O)c3c(F)cccc3F)cn2)CN(c2cnccn2)CC1. The molecule has 0 radical (unpaired) electrons. The van der Waals surface area contributed by atoms with Crippen LogP contribution in [0.15, 0.2) is 54.8 Å². The van der Waals surface area contributed by atoms with E-state index in [4.69, 9.17) is 0 Å². The highest BCUT2D eigenvalue weighted by molar-refractivity contribution is 6.04. The van der Waals surface area contributed by atoms with Gasteiger partial charge in [-0.25, -0.2) is 18.7 Å². The van der Waals surface area contributed by atoms with Gasteiger partial charge >= 0.3 is 0 Å². The molecule has 0 aliphatic carbocycles. The number of rotatable bonds is 4. The van der Waals surface area contributed by atoms with Crippen molar-refractivity contribution in [3.63, 3.8) is 0 Å². The number of benzene rings is 1. The van der Waals surface area contributed by atoms with Crippen molar-refractivity contribution >= 4 is 23.1 Å². The summed E-state index contributed by atoms with van der Waals surface area (Å²) in [5, 5.41) is 2.38. The van der Waals surface area contributed by atoms with E-state index in [2.05, 4.69) is 30.2 Å². The molecular formula is C21H18F2N6O. The highest BCUT2D eigenvalue weighted by Gasteiger charge is 2.21. The summed E-state index contributed by atoms with van der Waals surface area (Å²) < 4.78 is 27.5. The number of hydrogen-bond donors (Lipinski definition) is 1. The minimum atomic E-state index is -0.941. The Labute approximate surface area is 171 Å². The van der Waals surface area contributed by atoms with Crippen LogP contribution in [-0.4, -0.2) is 38.9 Å². The van der Waals surface area contributed by atoms with Crippen LogP contribution in [0.2, 0.25) is 0 Å². The molecule has 9 heteroatoms. The van der Waals surface area contributed by atoms with Crippen molar-refractivity contribution in [2.24, 2.45) is 0 Å². The van der Waals surface area contributed by atoms with Crippen LogP contribution < -0.4 is 10.2 Å². The van der Waals surface area contributed by atoms with Gasteiger partial charge in [0.2, 0.25) is 0 Å². The maximum absolute atomic E-state index is 13.8. The van der Waals surface area contributed by atoms with E-state index in [1.807, 2.05) is 6.92 Å². The Morgan fingerprint density at radius 3 is 2.53 bits per heavy atom. The van der Waals surface area contributed by atoms with Gasteiger partial charge in [-0.15, -0.1) is 0 Å². The zero-order chi connectivity index (χ0) is 21.1. The van der Waals surface area contributed by atoms with E-state index in [0.717, 1.165) is 36.5 Å². The molecule has 1 N–H and O–H groups in total. The van der Waals surface area contributed by atoms with Gasteiger partial charge in [-0.3, -0.25) is 14.8 Å². The Hall–Kier alpha value is -3.75. The first-order chi connectivity index (χ1) is 14.5. The average molecular weight is 408 g/mol. The fraction of sp³-hybridized carbons (Fsp3) is 0.190. The lowest BCUT2D eigenvalue weighted by Gasteiger charge is -2.30. The third-order valence-electron chi connectivity index (χ3n) is 4.89. The van der Waals surface area contributed by atoms with Crippen LogP contribution in [0.25, 0.3) is 5.57 Å². The van der Waals surface area contributed by atoms with E-state index in [-0.39, 0.29) is 5.82 Å². The van der Waals surface area contributed by atoms with Gasteiger partial charge in [0.1, 0.15) is 23.0 Å². The molecule has 7 nitrogen and oxygen atoms in total. The van der Waals surface area contributed by atoms with Gasteiger partial charge in [0.15, 0.2) is 5.82 Å². The standard InChI is InChI=1S/C21H18F2N6O/c1-13-5-8-29(19-11-24-6-7-25-19)12-14(13)17-9-27-18(10-26-17)28-21(30)20-15(22)3-2-4-16(20)23/h2-4,6-7,9-11H,5,8,12H2,1H3,(H,27,28,30). The molecule has 2 aromatic heterocycles. The molecule has 4 rings (SSSR count). The number of aromatic nitrogens is 4. The van der Waals surface area contributed by atoms with Gasteiger partial charge in [-0.2, -0.15) is 0 Å². The van der Waals surface area contributed by atoms with Crippen molar-refractivity contribution in [1.29, 1.82) is 0 Å². The largest absolute Gasteiger partial charge is 0.351 e. The fourth-order valence-electron chi connectivity index (χ4n) is 3.25. The number of amides is 1. The Kier molecular flexibility index (Phi) is 5.42. The average Bonchev–Trinajstić information content (AvgIpc) is 2.75. The van der Waals surface area contributed by atoms with E-state index >= 15 is 0 Å². The third kappa shape index (κ3) is 4.00. The zero-order valence-corrected chi connectivity index (χ0v) is 16.1. The van der Waals surface area contributed by atoms with Gasteiger partial charge in [0.25, 0.3) is 5.91 Å². The number of anilines is 2. The van der Waals surface area contributed by atoms with Crippen molar-refractivity contribution in [2.45, 2.75) is 13.3 Å². The highest BCUT2D eigenvalue weighted by Crippen LogP contribution is 2.27. The van der Waals surface area contributed by atoms with Crippen LogP contribution in [0.1, 0.15) is 29.4 Å². The van der Waals surface area contributed by atoms with E-state index in [9.17, 15) is 13.6 Å². The molecule has 1 aliphatic heterocycles. The zero-order valence-electron chi connectivity index (χ0n) is 16.1. The van der Waals surface area contributed by atoms with Crippen molar-refractivity contribution in [3.05, 3.63) is 77.6 Å². The smallest absolute Gasteiger partial charge is 0.262 e. The monoisotopic (exact) mass is 408 g/mol. The van der Waals surface area contributed by atoms with Crippen LogP contribution in [0.4, 0.5) is 20.4 Å². The van der Waals surface area contributed by atoms with Crippen molar-refractivity contribution in [2.75, 3.05) is 23.3 Å². The number of carbonyl (C=O) groups excluding carboxylic acids is 1. The Bertz CT molecular complexity index is 1080. The highest BCUT2D eigenvalue weighted by atomic mass is 19.1. The van der Waals surface area contributed by atoms with Crippen molar-refractivity contribution in [1.82, 2.24) is 19.9 Å². The van der Waals surface area contributed by atoms with E-state index in [1.165, 1.54) is 24.0 Å². The lowest BCUT2D eigenvalue weighted by atomic mass is 9.99. The molecule has 3 aromatic rings. The normalized spacial score (nSPS) is 14.0. The number of hydrogen-bond acceptors (Lipinski definition) is 6. The number of halogens is 2. The maximum atomic E-state index is 13.8. The number of nitrogens with zero attached hydrogens (tertiary/aromatic N) is 5. The third-order valence-corrected chi connectivity index (χ3v) is 4.89. The summed E-state index contributed by atoms with van der Waals surface area (Å²) in [6.07, 6.45) is 8.74. The molecule has 1 aromatic carbocycles.